The summed E-state index contributed by atoms with van der Waals surface area (Å²) in [6.07, 6.45) is 4.89. The number of nitrogens with zero attached hydrogens (tertiary/aromatic N) is 3. The van der Waals surface area contributed by atoms with E-state index in [-0.39, 0.29) is 6.04 Å². The second-order valence-electron chi connectivity index (χ2n) is 5.52. The summed E-state index contributed by atoms with van der Waals surface area (Å²) in [5.74, 6) is 0. The van der Waals surface area contributed by atoms with E-state index in [1.54, 1.807) is 0 Å². The zero-order valence-electron chi connectivity index (χ0n) is 13.6. The number of rotatable bonds is 7. The van der Waals surface area contributed by atoms with Crippen molar-refractivity contribution in [1.29, 1.82) is 0 Å². The Kier molecular flexibility index (Phi) is 5.51. The lowest BCUT2D eigenvalue weighted by Crippen LogP contribution is -2.26. The van der Waals surface area contributed by atoms with Gasteiger partial charge < -0.3 is 5.32 Å². The van der Waals surface area contributed by atoms with Gasteiger partial charge in [0.15, 0.2) is 0 Å². The van der Waals surface area contributed by atoms with Crippen LogP contribution in [0.1, 0.15) is 49.0 Å². The molecule has 1 N–H and O–H groups in total. The molecule has 0 fully saturated rings. The fraction of sp³-hybridized carbons (Fsp3) is 0.529. The van der Waals surface area contributed by atoms with Crippen LogP contribution in [0.5, 0.6) is 0 Å². The van der Waals surface area contributed by atoms with Gasteiger partial charge >= 0.3 is 0 Å². The first kappa shape index (κ1) is 15.7. The van der Waals surface area contributed by atoms with Crippen molar-refractivity contribution in [2.24, 2.45) is 7.05 Å². The van der Waals surface area contributed by atoms with Gasteiger partial charge in [-0.3, -0.25) is 9.67 Å². The van der Waals surface area contributed by atoms with Crippen LogP contribution in [-0.2, 0) is 19.9 Å². The first-order chi connectivity index (χ1) is 10.2. The molecular weight excluding hydrogens is 260 g/mol. The Labute approximate surface area is 127 Å². The third kappa shape index (κ3) is 3.91. The molecule has 1 unspecified atom stereocenters. The average molecular weight is 286 g/mol. The molecule has 2 aromatic rings. The summed E-state index contributed by atoms with van der Waals surface area (Å²) in [5, 5.41) is 8.17. The van der Waals surface area contributed by atoms with E-state index in [0.717, 1.165) is 37.2 Å². The number of pyridine rings is 1. The van der Waals surface area contributed by atoms with Gasteiger partial charge in [0.25, 0.3) is 0 Å². The van der Waals surface area contributed by atoms with E-state index >= 15 is 0 Å². The molecule has 0 aliphatic rings. The molecule has 1 atom stereocenters. The SMILES string of the molecule is CCCNC(Cc1cc(CC)nn1C)c1ncccc1C. The van der Waals surface area contributed by atoms with Gasteiger partial charge in [0, 0.05) is 25.4 Å². The van der Waals surface area contributed by atoms with E-state index in [2.05, 4.69) is 48.3 Å². The quantitative estimate of drug-likeness (QED) is 0.851. The molecule has 2 aromatic heterocycles. The smallest absolute Gasteiger partial charge is 0.0624 e. The van der Waals surface area contributed by atoms with Crippen molar-refractivity contribution < 1.29 is 0 Å². The van der Waals surface area contributed by atoms with Crippen LogP contribution in [0.15, 0.2) is 24.4 Å². The van der Waals surface area contributed by atoms with Crippen LogP contribution in [0.2, 0.25) is 0 Å². The largest absolute Gasteiger partial charge is 0.308 e. The maximum Gasteiger partial charge on any atom is 0.0624 e. The minimum atomic E-state index is 0.242. The van der Waals surface area contributed by atoms with E-state index in [4.69, 9.17) is 0 Å². The minimum absolute atomic E-state index is 0.242. The number of nitrogens with one attached hydrogen (secondary N) is 1. The molecule has 0 amide bonds. The van der Waals surface area contributed by atoms with Crippen LogP contribution in [-0.4, -0.2) is 21.3 Å². The van der Waals surface area contributed by atoms with Gasteiger partial charge in [0.05, 0.1) is 17.4 Å². The fourth-order valence-corrected chi connectivity index (χ4v) is 2.59. The summed E-state index contributed by atoms with van der Waals surface area (Å²) in [7, 11) is 2.02. The van der Waals surface area contributed by atoms with E-state index in [1.165, 1.54) is 11.3 Å². The standard InChI is InChI=1S/C17H26N4/c1-5-9-18-16(17-13(3)8-7-10-19-17)12-15-11-14(6-2)20-21(15)4/h7-8,10-11,16,18H,5-6,9,12H2,1-4H3. The van der Waals surface area contributed by atoms with Crippen LogP contribution in [0.25, 0.3) is 0 Å². The molecule has 0 radical (unpaired) electrons. The lowest BCUT2D eigenvalue weighted by Gasteiger charge is -2.19. The van der Waals surface area contributed by atoms with Gasteiger partial charge in [-0.1, -0.05) is 19.9 Å². The van der Waals surface area contributed by atoms with Gasteiger partial charge in [0.2, 0.25) is 0 Å². The van der Waals surface area contributed by atoms with Crippen molar-refractivity contribution in [2.45, 2.75) is 46.1 Å². The van der Waals surface area contributed by atoms with Crippen LogP contribution in [0, 0.1) is 6.92 Å². The van der Waals surface area contributed by atoms with E-state index in [1.807, 2.05) is 24.0 Å². The normalized spacial score (nSPS) is 12.6. The third-order valence-electron chi connectivity index (χ3n) is 3.82. The zero-order chi connectivity index (χ0) is 15.2. The van der Waals surface area contributed by atoms with Crippen molar-refractivity contribution in [3.8, 4) is 0 Å². The molecule has 0 aliphatic carbocycles. The summed E-state index contributed by atoms with van der Waals surface area (Å²) in [6.45, 7) is 7.46. The Hall–Kier alpha value is -1.68. The van der Waals surface area contributed by atoms with Crippen molar-refractivity contribution in [2.75, 3.05) is 6.54 Å². The van der Waals surface area contributed by atoms with Crippen molar-refractivity contribution in [3.63, 3.8) is 0 Å². The number of aryl methyl sites for hydroxylation is 3. The highest BCUT2D eigenvalue weighted by Gasteiger charge is 2.17. The van der Waals surface area contributed by atoms with Gasteiger partial charge in [0.1, 0.15) is 0 Å². The molecule has 0 aromatic carbocycles. The highest BCUT2D eigenvalue weighted by atomic mass is 15.3. The Morgan fingerprint density at radius 3 is 2.76 bits per heavy atom. The molecule has 0 spiro atoms. The number of hydrogen-bond acceptors (Lipinski definition) is 3. The number of hydrogen-bond donors (Lipinski definition) is 1. The monoisotopic (exact) mass is 286 g/mol. The second-order valence-corrected chi connectivity index (χ2v) is 5.52. The summed E-state index contributed by atoms with van der Waals surface area (Å²) in [5.41, 5.74) is 4.79. The average Bonchev–Trinajstić information content (AvgIpc) is 2.84. The Bertz CT molecular complexity index is 574. The Morgan fingerprint density at radius 1 is 1.33 bits per heavy atom. The molecule has 2 heterocycles. The van der Waals surface area contributed by atoms with E-state index in [0.29, 0.717) is 0 Å². The van der Waals surface area contributed by atoms with Gasteiger partial charge in [-0.25, -0.2) is 0 Å². The topological polar surface area (TPSA) is 42.7 Å². The van der Waals surface area contributed by atoms with E-state index in [9.17, 15) is 0 Å². The fourth-order valence-electron chi connectivity index (χ4n) is 2.59. The zero-order valence-corrected chi connectivity index (χ0v) is 13.6. The molecule has 0 saturated carbocycles. The first-order valence-electron chi connectivity index (χ1n) is 7.82. The second kappa shape index (κ2) is 7.36. The lowest BCUT2D eigenvalue weighted by molar-refractivity contribution is 0.500. The molecule has 4 nitrogen and oxygen atoms in total. The molecule has 21 heavy (non-hydrogen) atoms. The molecule has 2 rings (SSSR count). The molecule has 114 valence electrons. The summed E-state index contributed by atoms with van der Waals surface area (Å²) in [6, 6.07) is 6.57. The lowest BCUT2D eigenvalue weighted by atomic mass is 10.0. The van der Waals surface area contributed by atoms with Gasteiger partial charge in [-0.2, -0.15) is 5.10 Å². The highest BCUT2D eigenvalue weighted by Crippen LogP contribution is 2.20. The van der Waals surface area contributed by atoms with Crippen LogP contribution in [0.3, 0.4) is 0 Å². The van der Waals surface area contributed by atoms with Crippen molar-refractivity contribution in [1.82, 2.24) is 20.1 Å². The minimum Gasteiger partial charge on any atom is -0.308 e. The van der Waals surface area contributed by atoms with E-state index < -0.39 is 0 Å². The predicted molar refractivity (Wildman–Crippen MR) is 86.3 cm³/mol. The van der Waals surface area contributed by atoms with Crippen molar-refractivity contribution >= 4 is 0 Å². The number of aromatic nitrogens is 3. The third-order valence-corrected chi connectivity index (χ3v) is 3.82. The molecule has 0 saturated heterocycles. The molecule has 0 bridgehead atoms. The van der Waals surface area contributed by atoms with Gasteiger partial charge in [-0.15, -0.1) is 0 Å². The summed E-state index contributed by atoms with van der Waals surface area (Å²) < 4.78 is 2.00. The maximum atomic E-state index is 4.59. The van der Waals surface area contributed by atoms with Crippen LogP contribution >= 0.6 is 0 Å². The predicted octanol–water partition coefficient (Wildman–Crippen LogP) is 2.97. The molecular formula is C17H26N4. The summed E-state index contributed by atoms with van der Waals surface area (Å²) >= 11 is 0. The Morgan fingerprint density at radius 2 is 2.14 bits per heavy atom. The maximum absolute atomic E-state index is 4.59. The molecule has 4 heteroatoms. The highest BCUT2D eigenvalue weighted by molar-refractivity contribution is 5.23. The van der Waals surface area contributed by atoms with Crippen LogP contribution in [0.4, 0.5) is 0 Å². The first-order valence-corrected chi connectivity index (χ1v) is 7.82. The Balaban J connectivity index is 2.24. The molecule has 0 aliphatic heterocycles. The van der Waals surface area contributed by atoms with Crippen LogP contribution < -0.4 is 5.32 Å². The summed E-state index contributed by atoms with van der Waals surface area (Å²) in [4.78, 5) is 4.59. The van der Waals surface area contributed by atoms with Crippen molar-refractivity contribution in [3.05, 3.63) is 47.0 Å². The van der Waals surface area contributed by atoms with Gasteiger partial charge in [-0.05, 0) is 44.0 Å².